The second-order valence-electron chi connectivity index (χ2n) is 8.18. The average molecular weight is 408 g/mol. The molecule has 2 fully saturated rings. The molecule has 9 heteroatoms. The van der Waals surface area contributed by atoms with Crippen molar-refractivity contribution >= 4 is 23.1 Å². The van der Waals surface area contributed by atoms with Crippen molar-refractivity contribution in [3.8, 4) is 0 Å². The molecule has 9 nitrogen and oxygen atoms in total. The fourth-order valence-corrected chi connectivity index (χ4v) is 5.04. The first kappa shape index (κ1) is 18.8. The highest BCUT2D eigenvalue weighted by Gasteiger charge is 2.43. The predicted molar refractivity (Wildman–Crippen MR) is 111 cm³/mol. The Balaban J connectivity index is 1.50. The number of nitro benzene ring substituents is 1. The van der Waals surface area contributed by atoms with E-state index in [-0.39, 0.29) is 28.5 Å². The van der Waals surface area contributed by atoms with E-state index in [0.29, 0.717) is 13.0 Å². The van der Waals surface area contributed by atoms with Crippen molar-refractivity contribution in [2.24, 2.45) is 5.92 Å². The molecule has 1 aromatic carbocycles. The van der Waals surface area contributed by atoms with E-state index in [1.165, 1.54) is 0 Å². The zero-order valence-corrected chi connectivity index (χ0v) is 16.7. The Kier molecular flexibility index (Phi) is 4.72. The molecule has 5 rings (SSSR count). The summed E-state index contributed by atoms with van der Waals surface area (Å²) in [5, 5.41) is 11.3. The van der Waals surface area contributed by atoms with Gasteiger partial charge in [0.25, 0.3) is 5.69 Å². The van der Waals surface area contributed by atoms with E-state index in [1.807, 2.05) is 11.0 Å². The smallest absolute Gasteiger partial charge is 0.269 e. The van der Waals surface area contributed by atoms with Crippen LogP contribution in [-0.4, -0.2) is 64.5 Å². The summed E-state index contributed by atoms with van der Waals surface area (Å²) >= 11 is 0. The van der Waals surface area contributed by atoms with Gasteiger partial charge in [-0.1, -0.05) is 0 Å². The normalized spacial score (nSPS) is 23.1. The maximum absolute atomic E-state index is 13.4. The molecule has 4 heterocycles. The van der Waals surface area contributed by atoms with Crippen LogP contribution in [-0.2, 0) is 11.2 Å². The molecule has 0 aliphatic carbocycles. The minimum absolute atomic E-state index is 0.00260. The zero-order valence-electron chi connectivity index (χ0n) is 16.7. The van der Waals surface area contributed by atoms with Crippen LogP contribution in [0.25, 0.3) is 0 Å². The van der Waals surface area contributed by atoms with Crippen molar-refractivity contribution in [2.45, 2.75) is 25.3 Å². The molecule has 0 bridgehead atoms. The SMILES string of the molecule is O=C([C@@H]1Cc2cc([N+](=O)[O-])ccc2N2CCN(c3cnccn3)C[C@@H]12)N1CCCC1. The van der Waals surface area contributed by atoms with Crippen LogP contribution in [0.15, 0.2) is 36.8 Å². The molecule has 0 spiro atoms. The van der Waals surface area contributed by atoms with E-state index in [1.54, 1.807) is 30.7 Å². The molecule has 0 saturated carbocycles. The van der Waals surface area contributed by atoms with Gasteiger partial charge in [0, 0.05) is 62.9 Å². The Morgan fingerprint density at radius 1 is 1.13 bits per heavy atom. The van der Waals surface area contributed by atoms with Crippen molar-refractivity contribution in [3.63, 3.8) is 0 Å². The number of aromatic nitrogens is 2. The van der Waals surface area contributed by atoms with Gasteiger partial charge in [0.1, 0.15) is 5.82 Å². The van der Waals surface area contributed by atoms with Crippen LogP contribution in [0.3, 0.4) is 0 Å². The summed E-state index contributed by atoms with van der Waals surface area (Å²) in [4.78, 5) is 39.4. The zero-order chi connectivity index (χ0) is 20.7. The van der Waals surface area contributed by atoms with E-state index < -0.39 is 0 Å². The Bertz CT molecular complexity index is 962. The van der Waals surface area contributed by atoms with Crippen LogP contribution < -0.4 is 9.80 Å². The maximum Gasteiger partial charge on any atom is 0.269 e. The molecule has 156 valence electrons. The third-order valence-corrected chi connectivity index (χ3v) is 6.51. The standard InChI is InChI=1S/C21H24N6O3/c28-21(24-7-1-2-8-24)17-12-15-11-16(27(29)30)3-4-18(15)26-10-9-25(14-19(17)26)20-13-22-5-6-23-20/h3-6,11,13,17,19H,1-2,7-10,12,14H2/t17-,19+/m1/s1. The van der Waals surface area contributed by atoms with E-state index >= 15 is 0 Å². The molecule has 1 aromatic heterocycles. The number of rotatable bonds is 3. The number of non-ortho nitro benzene ring substituents is 1. The van der Waals surface area contributed by atoms with Gasteiger partial charge in [-0.3, -0.25) is 19.9 Å². The number of hydrogen-bond donors (Lipinski definition) is 0. The summed E-state index contributed by atoms with van der Waals surface area (Å²) in [5.41, 5.74) is 1.98. The van der Waals surface area contributed by atoms with Crippen molar-refractivity contribution in [3.05, 3.63) is 52.5 Å². The van der Waals surface area contributed by atoms with Crippen LogP contribution in [0.2, 0.25) is 0 Å². The largest absolute Gasteiger partial charge is 0.364 e. The Hall–Kier alpha value is -3.23. The van der Waals surface area contributed by atoms with E-state index in [9.17, 15) is 14.9 Å². The minimum Gasteiger partial charge on any atom is -0.364 e. The molecule has 3 aliphatic rings. The lowest BCUT2D eigenvalue weighted by Gasteiger charge is -2.49. The van der Waals surface area contributed by atoms with Crippen LogP contribution in [0, 0.1) is 16.0 Å². The molecule has 30 heavy (non-hydrogen) atoms. The number of anilines is 2. The molecule has 2 saturated heterocycles. The van der Waals surface area contributed by atoms with Gasteiger partial charge in [-0.25, -0.2) is 4.98 Å². The van der Waals surface area contributed by atoms with Crippen LogP contribution >= 0.6 is 0 Å². The molecule has 0 unspecified atom stereocenters. The van der Waals surface area contributed by atoms with Gasteiger partial charge in [-0.2, -0.15) is 0 Å². The number of likely N-dealkylation sites (tertiary alicyclic amines) is 1. The highest BCUT2D eigenvalue weighted by Crippen LogP contribution is 2.39. The molecule has 0 radical (unpaired) electrons. The van der Waals surface area contributed by atoms with Gasteiger partial charge >= 0.3 is 0 Å². The quantitative estimate of drug-likeness (QED) is 0.565. The summed E-state index contributed by atoms with van der Waals surface area (Å²) in [6.07, 6.45) is 7.71. The first-order valence-electron chi connectivity index (χ1n) is 10.5. The fraction of sp³-hybridized carbons (Fsp3) is 0.476. The lowest BCUT2D eigenvalue weighted by molar-refractivity contribution is -0.384. The van der Waals surface area contributed by atoms with E-state index in [4.69, 9.17) is 0 Å². The molecular formula is C21H24N6O3. The van der Waals surface area contributed by atoms with Crippen molar-refractivity contribution < 1.29 is 9.72 Å². The maximum atomic E-state index is 13.4. The van der Waals surface area contributed by atoms with E-state index in [0.717, 1.165) is 56.1 Å². The number of piperazine rings is 1. The lowest BCUT2D eigenvalue weighted by Crippen LogP contribution is -2.61. The number of nitro groups is 1. The second-order valence-corrected chi connectivity index (χ2v) is 8.18. The third-order valence-electron chi connectivity index (χ3n) is 6.51. The number of hydrogen-bond acceptors (Lipinski definition) is 7. The van der Waals surface area contributed by atoms with Crippen molar-refractivity contribution in [1.82, 2.24) is 14.9 Å². The van der Waals surface area contributed by atoms with Gasteiger partial charge in [0.05, 0.1) is 23.1 Å². The summed E-state index contributed by atoms with van der Waals surface area (Å²) in [7, 11) is 0. The second kappa shape index (κ2) is 7.55. The Morgan fingerprint density at radius 2 is 1.97 bits per heavy atom. The highest BCUT2D eigenvalue weighted by atomic mass is 16.6. The first-order chi connectivity index (χ1) is 14.6. The topological polar surface area (TPSA) is 95.7 Å². The number of carbonyl (C=O) groups excluding carboxylic acids is 1. The molecule has 1 amide bonds. The molecular weight excluding hydrogens is 384 g/mol. The van der Waals surface area contributed by atoms with E-state index in [2.05, 4.69) is 19.8 Å². The molecule has 2 aromatic rings. The van der Waals surface area contributed by atoms with Gasteiger partial charge in [0.2, 0.25) is 5.91 Å². The Morgan fingerprint density at radius 3 is 2.70 bits per heavy atom. The highest BCUT2D eigenvalue weighted by molar-refractivity contribution is 5.83. The fourth-order valence-electron chi connectivity index (χ4n) is 5.04. The van der Waals surface area contributed by atoms with Gasteiger partial charge in [-0.05, 0) is 30.9 Å². The van der Waals surface area contributed by atoms with Crippen molar-refractivity contribution in [2.75, 3.05) is 42.5 Å². The van der Waals surface area contributed by atoms with Crippen LogP contribution in [0.1, 0.15) is 18.4 Å². The monoisotopic (exact) mass is 408 g/mol. The third kappa shape index (κ3) is 3.24. The number of amides is 1. The van der Waals surface area contributed by atoms with Crippen LogP contribution in [0.5, 0.6) is 0 Å². The van der Waals surface area contributed by atoms with Gasteiger partial charge in [0.15, 0.2) is 0 Å². The van der Waals surface area contributed by atoms with Gasteiger partial charge in [-0.15, -0.1) is 0 Å². The first-order valence-corrected chi connectivity index (χ1v) is 10.5. The summed E-state index contributed by atoms with van der Waals surface area (Å²) in [6.45, 7) is 3.78. The molecule has 0 N–H and O–H groups in total. The summed E-state index contributed by atoms with van der Waals surface area (Å²) < 4.78 is 0. The summed E-state index contributed by atoms with van der Waals surface area (Å²) in [5.74, 6) is 0.761. The van der Waals surface area contributed by atoms with Crippen molar-refractivity contribution in [1.29, 1.82) is 0 Å². The number of benzene rings is 1. The average Bonchev–Trinajstić information content (AvgIpc) is 3.33. The van der Waals surface area contributed by atoms with Crippen LogP contribution in [0.4, 0.5) is 17.2 Å². The number of fused-ring (bicyclic) bond motifs is 3. The van der Waals surface area contributed by atoms with Gasteiger partial charge < -0.3 is 14.7 Å². The number of carbonyl (C=O) groups is 1. The predicted octanol–water partition coefficient (Wildman–Crippen LogP) is 1.87. The number of nitrogens with zero attached hydrogens (tertiary/aromatic N) is 6. The Labute approximate surface area is 174 Å². The lowest BCUT2D eigenvalue weighted by atomic mass is 9.83. The molecule has 3 aliphatic heterocycles. The summed E-state index contributed by atoms with van der Waals surface area (Å²) in [6, 6.07) is 5.05. The minimum atomic E-state index is -0.365. The molecule has 2 atom stereocenters.